The zero-order valence-corrected chi connectivity index (χ0v) is 18.3. The second-order valence-electron chi connectivity index (χ2n) is 7.14. The molecule has 1 fully saturated rings. The summed E-state index contributed by atoms with van der Waals surface area (Å²) in [5.41, 5.74) is 4.05. The first-order valence-corrected chi connectivity index (χ1v) is 10.6. The molecule has 1 aliphatic heterocycles. The molecule has 0 unspecified atom stereocenters. The van der Waals surface area contributed by atoms with Gasteiger partial charge in [0.15, 0.2) is 12.2 Å². The van der Waals surface area contributed by atoms with E-state index in [0.717, 1.165) is 26.2 Å². The van der Waals surface area contributed by atoms with Crippen LogP contribution in [0.4, 0.5) is 5.69 Å². The first kappa shape index (κ1) is 24.7. The molecule has 2 aromatic carbocycles. The Labute approximate surface area is 185 Å². The molecule has 0 aromatic heterocycles. The maximum atomic E-state index is 9.77. The maximum absolute atomic E-state index is 9.77. The van der Waals surface area contributed by atoms with Crippen LogP contribution in [-0.2, 0) is 9.59 Å². The molecular weight excluding hydrogens is 420 g/mol. The number of hydrogen-bond acceptors (Lipinski definition) is 7. The molecule has 2 atom stereocenters. The summed E-state index contributed by atoms with van der Waals surface area (Å²) in [4.78, 5) is 24.7. The van der Waals surface area contributed by atoms with Gasteiger partial charge in [-0.15, -0.1) is 0 Å². The standard InChI is InChI=1S/C18H22N2S.C4H6O6/c1-14-7-8-17(15(2)13-14)21-18-6-4-3-5-16(18)20-11-9-19-10-12-20;5-1(3(7)8)2(6)4(9)10/h3-8,13,19H,9-12H2,1-2H3;1-2,5-6H,(H,7,8)(H,9,10)/t;1-,2-/m.1/s1. The molecule has 1 heterocycles. The average Bonchev–Trinajstić information content (AvgIpc) is 2.76. The lowest BCUT2D eigenvalue weighted by molar-refractivity contribution is -0.165. The molecule has 0 bridgehead atoms. The van der Waals surface area contributed by atoms with Crippen molar-refractivity contribution in [2.45, 2.75) is 35.8 Å². The fraction of sp³-hybridized carbons (Fsp3) is 0.364. The summed E-state index contributed by atoms with van der Waals surface area (Å²) in [6.45, 7) is 8.67. The number of aliphatic carboxylic acids is 2. The Kier molecular flexibility index (Phi) is 9.32. The smallest absolute Gasteiger partial charge is 0.335 e. The summed E-state index contributed by atoms with van der Waals surface area (Å²) in [6, 6.07) is 15.5. The summed E-state index contributed by atoms with van der Waals surface area (Å²) < 4.78 is 0. The second-order valence-corrected chi connectivity index (χ2v) is 8.23. The van der Waals surface area contributed by atoms with E-state index >= 15 is 0 Å². The van der Waals surface area contributed by atoms with Crippen LogP contribution in [0.15, 0.2) is 52.3 Å². The van der Waals surface area contributed by atoms with E-state index in [9.17, 15) is 9.59 Å². The summed E-state index contributed by atoms with van der Waals surface area (Å²) in [6.07, 6.45) is -4.53. The molecular formula is C22H28N2O6S. The number of aliphatic hydroxyl groups excluding tert-OH is 2. The van der Waals surface area contributed by atoms with Crippen molar-refractivity contribution in [3.8, 4) is 0 Å². The van der Waals surface area contributed by atoms with Gasteiger partial charge in [0.05, 0.1) is 5.69 Å². The fourth-order valence-corrected chi connectivity index (χ4v) is 4.05. The SMILES string of the molecule is Cc1ccc(Sc2ccccc2N2CCNCC2)c(C)c1.O=C(O)[C@H](O)[C@@H](O)C(=O)O. The van der Waals surface area contributed by atoms with Crippen LogP contribution in [0, 0.1) is 13.8 Å². The van der Waals surface area contributed by atoms with Crippen molar-refractivity contribution in [1.82, 2.24) is 5.32 Å². The van der Waals surface area contributed by atoms with Gasteiger partial charge in [0.2, 0.25) is 0 Å². The third kappa shape index (κ3) is 7.25. The van der Waals surface area contributed by atoms with E-state index in [2.05, 4.69) is 66.5 Å². The Morgan fingerprint density at radius 2 is 1.52 bits per heavy atom. The minimum absolute atomic E-state index is 1.07. The van der Waals surface area contributed by atoms with Crippen LogP contribution in [0.3, 0.4) is 0 Å². The monoisotopic (exact) mass is 448 g/mol. The topological polar surface area (TPSA) is 130 Å². The Morgan fingerprint density at radius 1 is 0.935 bits per heavy atom. The predicted octanol–water partition coefficient (Wildman–Crippen LogP) is 1.74. The van der Waals surface area contributed by atoms with Gasteiger partial charge in [0.25, 0.3) is 0 Å². The van der Waals surface area contributed by atoms with Gasteiger partial charge in [0.1, 0.15) is 0 Å². The Balaban J connectivity index is 0.000000291. The van der Waals surface area contributed by atoms with Gasteiger partial charge in [-0.05, 0) is 37.6 Å². The first-order chi connectivity index (χ1) is 14.7. The van der Waals surface area contributed by atoms with Crippen molar-refractivity contribution in [1.29, 1.82) is 0 Å². The number of hydrogen-bond donors (Lipinski definition) is 5. The lowest BCUT2D eigenvalue weighted by Crippen LogP contribution is -2.43. The van der Waals surface area contributed by atoms with E-state index in [1.54, 1.807) is 0 Å². The number of carbonyl (C=O) groups is 2. The van der Waals surface area contributed by atoms with Crippen LogP contribution in [0.25, 0.3) is 0 Å². The Hall–Kier alpha value is -2.59. The number of carboxylic acid groups (broad SMARTS) is 2. The van der Waals surface area contributed by atoms with Gasteiger partial charge in [-0.3, -0.25) is 0 Å². The molecule has 0 radical (unpaired) electrons. The number of benzene rings is 2. The molecule has 8 nitrogen and oxygen atoms in total. The predicted molar refractivity (Wildman–Crippen MR) is 119 cm³/mol. The van der Waals surface area contributed by atoms with Crippen molar-refractivity contribution in [2.75, 3.05) is 31.1 Å². The molecule has 0 saturated carbocycles. The lowest BCUT2D eigenvalue weighted by atomic mass is 10.2. The average molecular weight is 449 g/mol. The van der Waals surface area contributed by atoms with E-state index in [0.29, 0.717) is 0 Å². The molecule has 31 heavy (non-hydrogen) atoms. The lowest BCUT2D eigenvalue weighted by Gasteiger charge is -2.31. The number of carboxylic acids is 2. The Morgan fingerprint density at radius 3 is 2.06 bits per heavy atom. The number of rotatable bonds is 6. The zero-order chi connectivity index (χ0) is 23.0. The Bertz CT molecular complexity index is 883. The molecule has 1 aliphatic rings. The van der Waals surface area contributed by atoms with Crippen molar-refractivity contribution >= 4 is 29.4 Å². The van der Waals surface area contributed by atoms with E-state index in [-0.39, 0.29) is 0 Å². The largest absolute Gasteiger partial charge is 0.479 e. The highest BCUT2D eigenvalue weighted by molar-refractivity contribution is 7.99. The summed E-state index contributed by atoms with van der Waals surface area (Å²) in [7, 11) is 0. The van der Waals surface area contributed by atoms with Gasteiger partial charge in [-0.25, -0.2) is 9.59 Å². The van der Waals surface area contributed by atoms with Gasteiger partial charge in [-0.1, -0.05) is 41.6 Å². The summed E-state index contributed by atoms with van der Waals surface area (Å²) in [5, 5.41) is 35.9. The molecule has 3 rings (SSSR count). The van der Waals surface area contributed by atoms with E-state index in [1.165, 1.54) is 26.6 Å². The number of anilines is 1. The van der Waals surface area contributed by atoms with Gasteiger partial charge in [0, 0.05) is 36.0 Å². The number of aliphatic hydroxyl groups is 2. The molecule has 9 heteroatoms. The highest BCUT2D eigenvalue weighted by Gasteiger charge is 2.29. The highest BCUT2D eigenvalue weighted by atomic mass is 32.2. The van der Waals surface area contributed by atoms with Crippen molar-refractivity contribution < 1.29 is 30.0 Å². The maximum Gasteiger partial charge on any atom is 0.335 e. The van der Waals surface area contributed by atoms with Gasteiger partial charge in [-0.2, -0.15) is 0 Å². The fourth-order valence-electron chi connectivity index (χ4n) is 3.01. The number of para-hydroxylation sites is 1. The number of aryl methyl sites for hydroxylation is 2. The van der Waals surface area contributed by atoms with Gasteiger partial charge >= 0.3 is 11.9 Å². The van der Waals surface area contributed by atoms with Crippen LogP contribution in [-0.4, -0.2) is 70.8 Å². The third-order valence-electron chi connectivity index (χ3n) is 4.68. The van der Waals surface area contributed by atoms with Crippen LogP contribution < -0.4 is 10.2 Å². The van der Waals surface area contributed by atoms with Gasteiger partial charge < -0.3 is 30.6 Å². The van der Waals surface area contributed by atoms with E-state index < -0.39 is 24.1 Å². The third-order valence-corrected chi connectivity index (χ3v) is 5.92. The molecule has 168 valence electrons. The molecule has 0 amide bonds. The van der Waals surface area contributed by atoms with Crippen LogP contribution in [0.2, 0.25) is 0 Å². The molecule has 5 N–H and O–H groups in total. The minimum Gasteiger partial charge on any atom is -0.479 e. The number of nitrogens with one attached hydrogen (secondary N) is 1. The second kappa shape index (κ2) is 11.7. The van der Waals surface area contributed by atoms with Crippen LogP contribution in [0.1, 0.15) is 11.1 Å². The summed E-state index contributed by atoms with van der Waals surface area (Å²) >= 11 is 1.88. The molecule has 1 saturated heterocycles. The molecule has 2 aromatic rings. The van der Waals surface area contributed by atoms with E-state index in [4.69, 9.17) is 20.4 Å². The minimum atomic E-state index is -2.27. The normalized spacial score (nSPS) is 15.4. The van der Waals surface area contributed by atoms with Crippen molar-refractivity contribution in [3.63, 3.8) is 0 Å². The van der Waals surface area contributed by atoms with Crippen LogP contribution >= 0.6 is 11.8 Å². The quantitative estimate of drug-likeness (QED) is 0.448. The van der Waals surface area contributed by atoms with E-state index in [1.807, 2.05) is 11.8 Å². The molecule has 0 spiro atoms. The summed E-state index contributed by atoms with van der Waals surface area (Å²) in [5.74, 6) is -3.54. The number of piperazine rings is 1. The van der Waals surface area contributed by atoms with Crippen molar-refractivity contribution in [2.24, 2.45) is 0 Å². The van der Waals surface area contributed by atoms with Crippen LogP contribution in [0.5, 0.6) is 0 Å². The molecule has 0 aliphatic carbocycles. The number of nitrogens with zero attached hydrogens (tertiary/aromatic N) is 1. The zero-order valence-electron chi connectivity index (χ0n) is 17.5. The first-order valence-electron chi connectivity index (χ1n) is 9.82. The highest BCUT2D eigenvalue weighted by Crippen LogP contribution is 2.37. The van der Waals surface area contributed by atoms with Crippen molar-refractivity contribution in [3.05, 3.63) is 53.6 Å².